The first-order valence-electron chi connectivity index (χ1n) is 10.8. The molecule has 8 heteroatoms. The van der Waals surface area contributed by atoms with E-state index in [2.05, 4.69) is 15.8 Å². The highest BCUT2D eigenvalue weighted by molar-refractivity contribution is 6.15. The van der Waals surface area contributed by atoms with E-state index in [1.807, 2.05) is 63.2 Å². The lowest BCUT2D eigenvalue weighted by Gasteiger charge is -2.22. The van der Waals surface area contributed by atoms with Crippen LogP contribution in [0.2, 0.25) is 0 Å². The highest BCUT2D eigenvalue weighted by Gasteiger charge is 2.27. The number of rotatable bonds is 3. The summed E-state index contributed by atoms with van der Waals surface area (Å²) in [6.07, 6.45) is 0.632. The van der Waals surface area contributed by atoms with E-state index >= 15 is 0 Å². The van der Waals surface area contributed by atoms with Crippen LogP contribution in [0.15, 0.2) is 52.1 Å². The molecule has 1 aromatic heterocycles. The molecule has 0 fully saturated rings. The minimum atomic E-state index is -0.276. The number of nitrogens with zero attached hydrogens (tertiary/aromatic N) is 3. The third kappa shape index (κ3) is 4.37. The minimum absolute atomic E-state index is 0.144. The fourth-order valence-electron chi connectivity index (χ4n) is 4.18. The third-order valence-corrected chi connectivity index (χ3v) is 5.73. The standard InChI is InChI=1S/C25H27N5O3/c1-14-12-20-10-11-21(27-17(4)31)13-22(20)24(28-30(14)25(32)26-5)19-8-6-18(7-9-19)23-15(2)29-33-16(23)3/h6-11,13-14H,12H2,1-5H3,(H,26,32)(H,27,31). The van der Waals surface area contributed by atoms with Crippen LogP contribution in [-0.4, -0.2) is 40.9 Å². The zero-order valence-corrected chi connectivity index (χ0v) is 19.4. The summed E-state index contributed by atoms with van der Waals surface area (Å²) in [5, 5.41) is 15.8. The molecule has 2 N–H and O–H groups in total. The van der Waals surface area contributed by atoms with E-state index < -0.39 is 0 Å². The largest absolute Gasteiger partial charge is 0.361 e. The van der Waals surface area contributed by atoms with Gasteiger partial charge in [0.2, 0.25) is 5.91 Å². The van der Waals surface area contributed by atoms with Crippen molar-refractivity contribution in [3.63, 3.8) is 0 Å². The molecule has 1 atom stereocenters. The van der Waals surface area contributed by atoms with Gasteiger partial charge in [0, 0.05) is 36.3 Å². The molecule has 2 aromatic carbocycles. The summed E-state index contributed by atoms with van der Waals surface area (Å²) in [5.41, 5.74) is 6.93. The normalized spacial score (nSPS) is 15.4. The number of carbonyl (C=O) groups excluding carboxylic acids is 2. The molecule has 3 aromatic rings. The average Bonchev–Trinajstić information content (AvgIpc) is 3.04. The first kappa shape index (κ1) is 22.3. The summed E-state index contributed by atoms with van der Waals surface area (Å²) in [7, 11) is 1.59. The maximum Gasteiger partial charge on any atom is 0.337 e. The van der Waals surface area contributed by atoms with Gasteiger partial charge in [0.25, 0.3) is 0 Å². The molecule has 1 aliphatic heterocycles. The number of aryl methyl sites for hydroxylation is 2. The van der Waals surface area contributed by atoms with E-state index in [4.69, 9.17) is 9.62 Å². The van der Waals surface area contributed by atoms with E-state index in [1.54, 1.807) is 7.05 Å². The Balaban J connectivity index is 1.84. The Bertz CT molecular complexity index is 1220. The van der Waals surface area contributed by atoms with Crippen LogP contribution in [0, 0.1) is 13.8 Å². The second-order valence-corrected chi connectivity index (χ2v) is 8.23. The van der Waals surface area contributed by atoms with E-state index in [-0.39, 0.29) is 18.0 Å². The van der Waals surface area contributed by atoms with Gasteiger partial charge in [-0.3, -0.25) is 4.79 Å². The van der Waals surface area contributed by atoms with Gasteiger partial charge in [0.05, 0.1) is 17.4 Å². The number of aromatic nitrogens is 1. The van der Waals surface area contributed by atoms with Crippen molar-refractivity contribution in [2.45, 2.75) is 40.2 Å². The molecule has 0 bridgehead atoms. The molecule has 8 nitrogen and oxygen atoms in total. The molecule has 0 saturated carbocycles. The second-order valence-electron chi connectivity index (χ2n) is 8.23. The van der Waals surface area contributed by atoms with Gasteiger partial charge in [0.1, 0.15) is 5.76 Å². The van der Waals surface area contributed by atoms with Crippen molar-refractivity contribution in [1.29, 1.82) is 0 Å². The second kappa shape index (κ2) is 8.90. The third-order valence-electron chi connectivity index (χ3n) is 5.73. The van der Waals surface area contributed by atoms with Gasteiger partial charge in [-0.15, -0.1) is 0 Å². The monoisotopic (exact) mass is 445 g/mol. The van der Waals surface area contributed by atoms with Gasteiger partial charge in [-0.05, 0) is 50.5 Å². The van der Waals surface area contributed by atoms with Crippen LogP contribution < -0.4 is 10.6 Å². The summed E-state index contributed by atoms with van der Waals surface area (Å²) < 4.78 is 5.31. The molecule has 0 saturated heterocycles. The first-order chi connectivity index (χ1) is 15.8. The van der Waals surface area contributed by atoms with Gasteiger partial charge < -0.3 is 15.2 Å². The number of carbonyl (C=O) groups is 2. The first-order valence-corrected chi connectivity index (χ1v) is 10.8. The Labute approximate surface area is 192 Å². The molecule has 4 rings (SSSR count). The van der Waals surface area contributed by atoms with Crippen LogP contribution in [0.3, 0.4) is 0 Å². The molecular weight excluding hydrogens is 418 g/mol. The van der Waals surface area contributed by atoms with Crippen molar-refractivity contribution >= 4 is 23.3 Å². The SMILES string of the molecule is CNC(=O)N1N=C(c2ccc(-c3c(C)noc3C)cc2)c2cc(NC(C)=O)ccc2CC1C. The van der Waals surface area contributed by atoms with Crippen LogP contribution in [0.4, 0.5) is 10.5 Å². The lowest BCUT2D eigenvalue weighted by Crippen LogP contribution is -2.41. The van der Waals surface area contributed by atoms with Gasteiger partial charge in [0.15, 0.2) is 0 Å². The number of anilines is 1. The van der Waals surface area contributed by atoms with E-state index in [9.17, 15) is 9.59 Å². The number of amides is 3. The van der Waals surface area contributed by atoms with E-state index in [1.165, 1.54) is 11.9 Å². The molecule has 0 aliphatic carbocycles. The van der Waals surface area contributed by atoms with Gasteiger partial charge in [-0.1, -0.05) is 35.5 Å². The molecule has 1 unspecified atom stereocenters. The number of fused-ring (bicyclic) bond motifs is 1. The topological polar surface area (TPSA) is 99.8 Å². The number of nitrogens with one attached hydrogen (secondary N) is 2. The van der Waals surface area contributed by atoms with Crippen LogP contribution in [0.5, 0.6) is 0 Å². The van der Waals surface area contributed by atoms with Crippen LogP contribution >= 0.6 is 0 Å². The molecule has 2 heterocycles. The molecule has 170 valence electrons. The Morgan fingerprint density at radius 2 is 1.79 bits per heavy atom. The van der Waals surface area contributed by atoms with Crippen molar-refractivity contribution in [3.05, 3.63) is 70.6 Å². The molecular formula is C25H27N5O3. The van der Waals surface area contributed by atoms with E-state index in [0.717, 1.165) is 39.3 Å². The summed E-state index contributed by atoms with van der Waals surface area (Å²) in [6, 6.07) is 13.3. The van der Waals surface area contributed by atoms with Gasteiger partial charge >= 0.3 is 6.03 Å². The van der Waals surface area contributed by atoms with Gasteiger partial charge in [-0.25, -0.2) is 9.80 Å². The van der Waals surface area contributed by atoms with Crippen molar-refractivity contribution in [1.82, 2.24) is 15.5 Å². The quantitative estimate of drug-likeness (QED) is 0.629. The minimum Gasteiger partial charge on any atom is -0.361 e. The number of benzene rings is 2. The maximum atomic E-state index is 12.6. The van der Waals surface area contributed by atoms with Crippen LogP contribution in [-0.2, 0) is 11.2 Å². The molecule has 3 amide bonds. The maximum absolute atomic E-state index is 12.6. The number of hydrogen-bond acceptors (Lipinski definition) is 5. The fraction of sp³-hybridized carbons (Fsp3) is 0.280. The summed E-state index contributed by atoms with van der Waals surface area (Å²) in [5.74, 6) is 0.614. The molecule has 1 aliphatic rings. The number of hydrogen-bond donors (Lipinski definition) is 2. The predicted molar refractivity (Wildman–Crippen MR) is 127 cm³/mol. The fourth-order valence-corrected chi connectivity index (χ4v) is 4.18. The van der Waals surface area contributed by atoms with Crippen molar-refractivity contribution in [2.24, 2.45) is 5.10 Å². The highest BCUT2D eigenvalue weighted by Crippen LogP contribution is 2.30. The van der Waals surface area contributed by atoms with Crippen molar-refractivity contribution in [3.8, 4) is 11.1 Å². The lowest BCUT2D eigenvalue weighted by molar-refractivity contribution is -0.114. The average molecular weight is 446 g/mol. The summed E-state index contributed by atoms with van der Waals surface area (Å²) >= 11 is 0. The summed E-state index contributed by atoms with van der Waals surface area (Å²) in [4.78, 5) is 24.2. The van der Waals surface area contributed by atoms with Crippen molar-refractivity contribution in [2.75, 3.05) is 12.4 Å². The highest BCUT2D eigenvalue weighted by atomic mass is 16.5. The zero-order valence-electron chi connectivity index (χ0n) is 19.4. The van der Waals surface area contributed by atoms with Crippen LogP contribution in [0.25, 0.3) is 11.1 Å². The lowest BCUT2D eigenvalue weighted by atomic mass is 9.93. The number of urea groups is 1. The number of hydrazone groups is 1. The Morgan fingerprint density at radius 3 is 2.39 bits per heavy atom. The smallest absolute Gasteiger partial charge is 0.337 e. The van der Waals surface area contributed by atoms with Crippen molar-refractivity contribution < 1.29 is 14.1 Å². The summed E-state index contributed by atoms with van der Waals surface area (Å²) in [6.45, 7) is 7.25. The van der Waals surface area contributed by atoms with E-state index in [0.29, 0.717) is 17.8 Å². The molecule has 0 radical (unpaired) electrons. The zero-order chi connectivity index (χ0) is 23.7. The molecule has 0 spiro atoms. The Morgan fingerprint density at radius 1 is 1.09 bits per heavy atom. The predicted octanol–water partition coefficient (Wildman–Crippen LogP) is 4.26. The van der Waals surface area contributed by atoms with Gasteiger partial charge in [-0.2, -0.15) is 5.10 Å². The Hall–Kier alpha value is -3.94. The Kier molecular flexibility index (Phi) is 6.00. The molecule has 33 heavy (non-hydrogen) atoms. The van der Waals surface area contributed by atoms with Crippen LogP contribution in [0.1, 0.15) is 42.0 Å².